The van der Waals surface area contributed by atoms with Crippen LogP contribution in [0.15, 0.2) is 23.1 Å². The fraction of sp³-hybridized carbons (Fsp3) is 0.571. The molecule has 0 atom stereocenters. The Labute approximate surface area is 120 Å². The van der Waals surface area contributed by atoms with E-state index in [1.165, 1.54) is 7.11 Å². The van der Waals surface area contributed by atoms with Gasteiger partial charge in [-0.05, 0) is 37.5 Å². The van der Waals surface area contributed by atoms with Crippen LogP contribution in [0.4, 0.5) is 0 Å². The molecule has 112 valence electrons. The molecule has 0 aliphatic heterocycles. The number of hydrogen-bond acceptors (Lipinski definition) is 4. The van der Waals surface area contributed by atoms with Crippen LogP contribution in [0.1, 0.15) is 31.2 Å². The van der Waals surface area contributed by atoms with Crippen LogP contribution in [-0.2, 0) is 10.0 Å². The highest BCUT2D eigenvalue weighted by molar-refractivity contribution is 7.89. The van der Waals surface area contributed by atoms with Gasteiger partial charge in [0.2, 0.25) is 10.0 Å². The lowest BCUT2D eigenvalue weighted by atomic mass is 10.0. The van der Waals surface area contributed by atoms with Crippen molar-refractivity contribution in [3.8, 4) is 5.75 Å². The van der Waals surface area contributed by atoms with Crippen LogP contribution in [0.5, 0.6) is 5.75 Å². The fourth-order valence-corrected chi connectivity index (χ4v) is 4.46. The summed E-state index contributed by atoms with van der Waals surface area (Å²) < 4.78 is 33.2. The second-order valence-electron chi connectivity index (χ2n) is 5.45. The van der Waals surface area contributed by atoms with Crippen molar-refractivity contribution in [1.29, 1.82) is 0 Å². The van der Waals surface area contributed by atoms with Crippen LogP contribution < -0.4 is 15.2 Å². The molecule has 0 spiro atoms. The summed E-state index contributed by atoms with van der Waals surface area (Å²) in [5.41, 5.74) is 6.16. The van der Waals surface area contributed by atoms with E-state index in [1.807, 2.05) is 13.0 Å². The first-order valence-corrected chi connectivity index (χ1v) is 8.29. The van der Waals surface area contributed by atoms with E-state index in [2.05, 4.69) is 4.72 Å². The smallest absolute Gasteiger partial charge is 0.244 e. The molecule has 1 fully saturated rings. The normalized spacial score (nSPS) is 18.1. The third-order valence-corrected chi connectivity index (χ3v) is 5.51. The number of nitrogens with two attached hydrogens (primary N) is 1. The lowest BCUT2D eigenvalue weighted by Gasteiger charge is -2.28. The third-order valence-electron chi connectivity index (χ3n) is 3.91. The highest BCUT2D eigenvalue weighted by Crippen LogP contribution is 2.32. The van der Waals surface area contributed by atoms with Crippen LogP contribution in [0, 0.1) is 6.92 Å². The van der Waals surface area contributed by atoms with E-state index in [4.69, 9.17) is 10.5 Å². The number of hydrogen-bond donors (Lipinski definition) is 2. The minimum atomic E-state index is -3.63. The van der Waals surface area contributed by atoms with Crippen molar-refractivity contribution >= 4 is 10.0 Å². The molecule has 1 aliphatic rings. The van der Waals surface area contributed by atoms with Gasteiger partial charge in [0.1, 0.15) is 10.6 Å². The van der Waals surface area contributed by atoms with E-state index in [9.17, 15) is 8.42 Å². The van der Waals surface area contributed by atoms with Crippen LogP contribution in [0.2, 0.25) is 0 Å². The number of benzene rings is 1. The molecule has 1 saturated carbocycles. The van der Waals surface area contributed by atoms with Crippen molar-refractivity contribution in [1.82, 2.24) is 4.72 Å². The molecule has 6 heteroatoms. The number of nitrogens with one attached hydrogen (secondary N) is 1. The summed E-state index contributed by atoms with van der Waals surface area (Å²) in [6.07, 6.45) is 3.59. The SMILES string of the molecule is COc1ccc(C)cc1S(=O)(=O)NC1(CN)CCCC1. The molecule has 0 heterocycles. The maximum absolute atomic E-state index is 12.6. The molecule has 0 amide bonds. The van der Waals surface area contributed by atoms with E-state index in [-0.39, 0.29) is 4.90 Å². The first-order valence-electron chi connectivity index (χ1n) is 6.81. The van der Waals surface area contributed by atoms with Crippen molar-refractivity contribution in [2.24, 2.45) is 5.73 Å². The van der Waals surface area contributed by atoms with Crippen LogP contribution in [0.3, 0.4) is 0 Å². The van der Waals surface area contributed by atoms with Gasteiger partial charge in [-0.1, -0.05) is 18.9 Å². The summed E-state index contributed by atoms with van der Waals surface area (Å²) in [5.74, 6) is 0.355. The summed E-state index contributed by atoms with van der Waals surface area (Å²) >= 11 is 0. The first-order chi connectivity index (χ1) is 9.42. The van der Waals surface area contributed by atoms with Gasteiger partial charge in [0.05, 0.1) is 7.11 Å². The maximum atomic E-state index is 12.6. The largest absolute Gasteiger partial charge is 0.495 e. The fourth-order valence-electron chi connectivity index (χ4n) is 2.73. The first kappa shape index (κ1) is 15.3. The van der Waals surface area contributed by atoms with Gasteiger partial charge in [0, 0.05) is 12.1 Å². The molecule has 0 bridgehead atoms. The summed E-state index contributed by atoms with van der Waals surface area (Å²) in [5, 5.41) is 0. The second-order valence-corrected chi connectivity index (χ2v) is 7.10. The molecule has 20 heavy (non-hydrogen) atoms. The van der Waals surface area contributed by atoms with Crippen LogP contribution >= 0.6 is 0 Å². The van der Waals surface area contributed by atoms with E-state index < -0.39 is 15.6 Å². The molecule has 1 aliphatic carbocycles. The van der Waals surface area contributed by atoms with Gasteiger partial charge >= 0.3 is 0 Å². The highest BCUT2D eigenvalue weighted by atomic mass is 32.2. The summed E-state index contributed by atoms with van der Waals surface area (Å²) in [6, 6.07) is 5.13. The van der Waals surface area contributed by atoms with Crippen LogP contribution in [-0.4, -0.2) is 27.6 Å². The number of rotatable bonds is 5. The van der Waals surface area contributed by atoms with Gasteiger partial charge in [-0.3, -0.25) is 0 Å². The zero-order chi connectivity index (χ0) is 14.8. The lowest BCUT2D eigenvalue weighted by Crippen LogP contribution is -2.51. The molecule has 1 aromatic carbocycles. The summed E-state index contributed by atoms with van der Waals surface area (Å²) in [4.78, 5) is 0.180. The molecule has 0 saturated heterocycles. The van der Waals surface area contributed by atoms with Crippen molar-refractivity contribution in [3.05, 3.63) is 23.8 Å². The quantitative estimate of drug-likeness (QED) is 0.864. The van der Waals surface area contributed by atoms with Gasteiger partial charge in [-0.15, -0.1) is 0 Å². The second kappa shape index (κ2) is 5.71. The Kier molecular flexibility index (Phi) is 4.36. The molecule has 0 aromatic heterocycles. The average molecular weight is 298 g/mol. The van der Waals surface area contributed by atoms with E-state index in [0.717, 1.165) is 31.2 Å². The molecule has 0 unspecified atom stereocenters. The Morgan fingerprint density at radius 3 is 2.55 bits per heavy atom. The molecular formula is C14H22N2O3S. The summed E-state index contributed by atoms with van der Waals surface area (Å²) in [6.45, 7) is 2.17. The van der Waals surface area contributed by atoms with Crippen LogP contribution in [0.25, 0.3) is 0 Å². The molecular weight excluding hydrogens is 276 g/mol. The van der Waals surface area contributed by atoms with Crippen molar-refractivity contribution in [2.75, 3.05) is 13.7 Å². The van der Waals surface area contributed by atoms with E-state index in [1.54, 1.807) is 12.1 Å². The zero-order valence-electron chi connectivity index (χ0n) is 12.0. The minimum Gasteiger partial charge on any atom is -0.495 e. The standard InChI is InChI=1S/C14H22N2O3S/c1-11-5-6-12(19-2)13(9-11)20(17,18)16-14(10-15)7-3-4-8-14/h5-6,9,16H,3-4,7-8,10,15H2,1-2H3. The third kappa shape index (κ3) is 2.97. The van der Waals surface area contributed by atoms with Crippen molar-refractivity contribution < 1.29 is 13.2 Å². The highest BCUT2D eigenvalue weighted by Gasteiger charge is 2.37. The number of methoxy groups -OCH3 is 1. The Morgan fingerprint density at radius 2 is 2.00 bits per heavy atom. The maximum Gasteiger partial charge on any atom is 0.244 e. The predicted octanol–water partition coefficient (Wildman–Crippen LogP) is 1.55. The molecule has 2 rings (SSSR count). The Morgan fingerprint density at radius 1 is 1.35 bits per heavy atom. The van der Waals surface area contributed by atoms with E-state index in [0.29, 0.717) is 12.3 Å². The van der Waals surface area contributed by atoms with Gasteiger partial charge in [-0.2, -0.15) is 0 Å². The lowest BCUT2D eigenvalue weighted by molar-refractivity contribution is 0.389. The van der Waals surface area contributed by atoms with Gasteiger partial charge in [0.25, 0.3) is 0 Å². The van der Waals surface area contributed by atoms with Gasteiger partial charge < -0.3 is 10.5 Å². The number of aryl methyl sites for hydroxylation is 1. The Bertz CT molecular complexity index is 578. The van der Waals surface area contributed by atoms with Gasteiger partial charge in [-0.25, -0.2) is 13.1 Å². The Balaban J connectivity index is 2.37. The topological polar surface area (TPSA) is 81.4 Å². The molecule has 5 nitrogen and oxygen atoms in total. The molecule has 0 radical (unpaired) electrons. The number of ether oxygens (including phenoxy) is 1. The number of sulfonamides is 1. The monoisotopic (exact) mass is 298 g/mol. The van der Waals surface area contributed by atoms with Crippen molar-refractivity contribution in [2.45, 2.75) is 43.0 Å². The predicted molar refractivity (Wildman–Crippen MR) is 78.3 cm³/mol. The zero-order valence-corrected chi connectivity index (χ0v) is 12.8. The van der Waals surface area contributed by atoms with Crippen molar-refractivity contribution in [3.63, 3.8) is 0 Å². The Hall–Kier alpha value is -1.11. The van der Waals surface area contributed by atoms with Gasteiger partial charge in [0.15, 0.2) is 0 Å². The minimum absolute atomic E-state index is 0.180. The molecule has 1 aromatic rings. The van der Waals surface area contributed by atoms with E-state index >= 15 is 0 Å². The molecule has 3 N–H and O–H groups in total. The average Bonchev–Trinajstić information content (AvgIpc) is 2.87. The summed E-state index contributed by atoms with van der Waals surface area (Å²) in [7, 11) is -2.16.